The van der Waals surface area contributed by atoms with Crippen molar-refractivity contribution in [3.63, 3.8) is 0 Å². The lowest BCUT2D eigenvalue weighted by Gasteiger charge is -2.44. The van der Waals surface area contributed by atoms with Gasteiger partial charge in [-0.2, -0.15) is 0 Å². The van der Waals surface area contributed by atoms with Crippen molar-refractivity contribution in [1.29, 1.82) is 0 Å². The number of furan rings is 1. The maximum Gasteiger partial charge on any atom is 0.410 e. The van der Waals surface area contributed by atoms with E-state index in [0.29, 0.717) is 18.8 Å². The summed E-state index contributed by atoms with van der Waals surface area (Å²) in [5.41, 5.74) is -0.523. The summed E-state index contributed by atoms with van der Waals surface area (Å²) in [6, 6.07) is 3.14. The van der Waals surface area contributed by atoms with E-state index in [1.54, 1.807) is 21.9 Å². The molecule has 1 aromatic heterocycles. The average Bonchev–Trinajstić information content (AvgIpc) is 2.89. The van der Waals surface area contributed by atoms with E-state index in [9.17, 15) is 9.59 Å². The molecule has 2 atom stereocenters. The number of amides is 2. The number of ether oxygens (including phenoxy) is 1. The number of hydrogen-bond donors (Lipinski definition) is 0. The zero-order valence-corrected chi connectivity index (χ0v) is 13.8. The van der Waals surface area contributed by atoms with Gasteiger partial charge in [0.2, 0.25) is 0 Å². The first-order chi connectivity index (χ1) is 10.2. The first-order valence-electron chi connectivity index (χ1n) is 7.53. The third-order valence-corrected chi connectivity index (χ3v) is 3.54. The fraction of sp³-hybridized carbons (Fsp3) is 0.625. The molecule has 1 saturated heterocycles. The lowest BCUT2D eigenvalue weighted by molar-refractivity contribution is -0.00567. The Labute approximate surface area is 131 Å². The van der Waals surface area contributed by atoms with Gasteiger partial charge in [-0.05, 0) is 46.8 Å². The molecule has 0 saturated carbocycles. The molecule has 1 fully saturated rings. The minimum Gasteiger partial charge on any atom is -0.459 e. The Balaban J connectivity index is 2.06. The second-order valence-corrected chi connectivity index (χ2v) is 6.77. The summed E-state index contributed by atoms with van der Waals surface area (Å²) < 4.78 is 10.6. The van der Waals surface area contributed by atoms with Gasteiger partial charge in [0.15, 0.2) is 5.76 Å². The van der Waals surface area contributed by atoms with Crippen molar-refractivity contribution in [3.8, 4) is 0 Å². The van der Waals surface area contributed by atoms with E-state index in [0.717, 1.165) is 0 Å². The van der Waals surface area contributed by atoms with Crippen LogP contribution in [0.2, 0.25) is 0 Å². The first kappa shape index (κ1) is 16.4. The van der Waals surface area contributed by atoms with Crippen molar-refractivity contribution < 1.29 is 18.7 Å². The maximum atomic E-state index is 12.5. The van der Waals surface area contributed by atoms with Gasteiger partial charge in [0, 0.05) is 25.2 Å². The molecule has 0 aliphatic carbocycles. The summed E-state index contributed by atoms with van der Waals surface area (Å²) in [4.78, 5) is 28.1. The Morgan fingerprint density at radius 1 is 1.23 bits per heavy atom. The zero-order valence-electron chi connectivity index (χ0n) is 13.8. The van der Waals surface area contributed by atoms with E-state index in [1.807, 2.05) is 34.6 Å². The van der Waals surface area contributed by atoms with Crippen LogP contribution in [0.15, 0.2) is 22.8 Å². The van der Waals surface area contributed by atoms with Gasteiger partial charge in [-0.25, -0.2) is 4.79 Å². The average molecular weight is 308 g/mol. The lowest BCUT2D eigenvalue weighted by Crippen LogP contribution is -2.60. The van der Waals surface area contributed by atoms with Crippen molar-refractivity contribution in [1.82, 2.24) is 9.80 Å². The Morgan fingerprint density at radius 3 is 2.27 bits per heavy atom. The van der Waals surface area contributed by atoms with E-state index < -0.39 is 5.60 Å². The summed E-state index contributed by atoms with van der Waals surface area (Å²) in [5, 5.41) is 0. The molecule has 0 spiro atoms. The van der Waals surface area contributed by atoms with Gasteiger partial charge >= 0.3 is 6.09 Å². The van der Waals surface area contributed by atoms with Crippen LogP contribution in [0.25, 0.3) is 0 Å². The van der Waals surface area contributed by atoms with Crippen molar-refractivity contribution >= 4 is 12.0 Å². The highest BCUT2D eigenvalue weighted by molar-refractivity contribution is 5.92. The second-order valence-electron chi connectivity index (χ2n) is 6.77. The van der Waals surface area contributed by atoms with Crippen molar-refractivity contribution in [2.24, 2.45) is 0 Å². The van der Waals surface area contributed by atoms with E-state index >= 15 is 0 Å². The molecule has 2 heterocycles. The molecule has 0 radical (unpaired) electrons. The summed E-state index contributed by atoms with van der Waals surface area (Å²) in [6.07, 6.45) is 1.15. The summed E-state index contributed by atoms with van der Waals surface area (Å²) in [6.45, 7) is 10.3. The summed E-state index contributed by atoms with van der Waals surface area (Å²) in [7, 11) is 0. The van der Waals surface area contributed by atoms with E-state index in [4.69, 9.17) is 9.15 Å². The predicted molar refractivity (Wildman–Crippen MR) is 81.6 cm³/mol. The molecule has 22 heavy (non-hydrogen) atoms. The molecule has 6 nitrogen and oxygen atoms in total. The molecular weight excluding hydrogens is 284 g/mol. The number of rotatable bonds is 1. The van der Waals surface area contributed by atoms with Gasteiger partial charge in [-0.15, -0.1) is 0 Å². The Morgan fingerprint density at radius 2 is 1.82 bits per heavy atom. The van der Waals surface area contributed by atoms with Gasteiger partial charge in [0.05, 0.1) is 6.26 Å². The lowest BCUT2D eigenvalue weighted by atomic mass is 10.1. The van der Waals surface area contributed by atoms with Crippen LogP contribution in [0.4, 0.5) is 4.79 Å². The van der Waals surface area contributed by atoms with Gasteiger partial charge < -0.3 is 19.0 Å². The molecule has 0 N–H and O–H groups in total. The number of carbonyl (C=O) groups excluding carboxylic acids is 2. The largest absolute Gasteiger partial charge is 0.459 e. The fourth-order valence-corrected chi connectivity index (χ4v) is 2.73. The number of piperazine rings is 1. The van der Waals surface area contributed by atoms with E-state index in [-0.39, 0.29) is 24.1 Å². The standard InChI is InChI=1S/C16H24N2O4/c1-11-9-17(15(20)22-16(3,4)5)10-12(2)18(11)14(19)13-7-6-8-21-13/h6-8,11-12H,9-10H2,1-5H3. The first-order valence-corrected chi connectivity index (χ1v) is 7.53. The molecule has 1 aliphatic rings. The van der Waals surface area contributed by atoms with Crippen molar-refractivity contribution in [2.75, 3.05) is 13.1 Å². The third kappa shape index (κ3) is 3.61. The highest BCUT2D eigenvalue weighted by Gasteiger charge is 2.37. The van der Waals surface area contributed by atoms with Crippen LogP contribution in [-0.2, 0) is 4.74 Å². The molecule has 2 rings (SSSR count). The molecule has 6 heteroatoms. The van der Waals surface area contributed by atoms with Crippen LogP contribution in [0.3, 0.4) is 0 Å². The topological polar surface area (TPSA) is 63.0 Å². The molecule has 1 aromatic rings. The molecule has 2 amide bonds. The highest BCUT2D eigenvalue weighted by Crippen LogP contribution is 2.21. The van der Waals surface area contributed by atoms with E-state index in [2.05, 4.69) is 0 Å². The molecule has 0 aromatic carbocycles. The summed E-state index contributed by atoms with van der Waals surface area (Å²) >= 11 is 0. The van der Waals surface area contributed by atoms with Crippen LogP contribution in [0, 0.1) is 0 Å². The van der Waals surface area contributed by atoms with Crippen LogP contribution in [-0.4, -0.2) is 52.6 Å². The van der Waals surface area contributed by atoms with Crippen molar-refractivity contribution in [2.45, 2.75) is 52.3 Å². The van der Waals surface area contributed by atoms with Gasteiger partial charge in [0.25, 0.3) is 5.91 Å². The van der Waals surface area contributed by atoms with Crippen LogP contribution >= 0.6 is 0 Å². The Bertz CT molecular complexity index is 521. The second kappa shape index (κ2) is 6.02. The molecular formula is C16H24N2O4. The minimum atomic E-state index is -0.523. The van der Waals surface area contributed by atoms with Gasteiger partial charge in [-0.3, -0.25) is 4.79 Å². The Hall–Kier alpha value is -1.98. The minimum absolute atomic E-state index is 0.103. The maximum absolute atomic E-state index is 12.5. The van der Waals surface area contributed by atoms with Gasteiger partial charge in [0.1, 0.15) is 5.60 Å². The van der Waals surface area contributed by atoms with Crippen LogP contribution in [0.1, 0.15) is 45.2 Å². The van der Waals surface area contributed by atoms with Crippen LogP contribution < -0.4 is 0 Å². The van der Waals surface area contributed by atoms with E-state index in [1.165, 1.54) is 6.26 Å². The molecule has 122 valence electrons. The van der Waals surface area contributed by atoms with Crippen molar-refractivity contribution in [3.05, 3.63) is 24.2 Å². The number of hydrogen-bond acceptors (Lipinski definition) is 4. The monoisotopic (exact) mass is 308 g/mol. The molecule has 1 aliphatic heterocycles. The number of nitrogens with zero attached hydrogens (tertiary/aromatic N) is 2. The quantitative estimate of drug-likeness (QED) is 0.800. The van der Waals surface area contributed by atoms with Gasteiger partial charge in [-0.1, -0.05) is 0 Å². The summed E-state index contributed by atoms with van der Waals surface area (Å²) in [5.74, 6) is 0.179. The zero-order chi connectivity index (χ0) is 16.5. The number of carbonyl (C=O) groups is 2. The molecule has 0 bridgehead atoms. The molecule has 2 unspecified atom stereocenters. The Kier molecular flexibility index (Phi) is 4.49. The smallest absolute Gasteiger partial charge is 0.410 e. The SMILES string of the molecule is CC1CN(C(=O)OC(C)(C)C)CC(C)N1C(=O)c1ccco1. The fourth-order valence-electron chi connectivity index (χ4n) is 2.73. The normalized spacial score (nSPS) is 22.6. The van der Waals surface area contributed by atoms with Crippen LogP contribution in [0.5, 0.6) is 0 Å². The predicted octanol–water partition coefficient (Wildman–Crippen LogP) is 2.75. The third-order valence-electron chi connectivity index (χ3n) is 3.54. The highest BCUT2D eigenvalue weighted by atomic mass is 16.6.